The van der Waals surface area contributed by atoms with Crippen LogP contribution in [-0.2, 0) is 9.53 Å². The second-order valence-corrected chi connectivity index (χ2v) is 7.41. The molecule has 0 unspecified atom stereocenters. The molecule has 0 spiro atoms. The molecular weight excluding hydrogens is 455 g/mol. The number of hydrogen-bond acceptors (Lipinski definition) is 5. The lowest BCUT2D eigenvalue weighted by Crippen LogP contribution is -2.14. The van der Waals surface area contributed by atoms with Crippen molar-refractivity contribution in [3.8, 4) is 5.75 Å². The molecule has 164 valence electrons. The third kappa shape index (κ3) is 6.47. The zero-order chi connectivity index (χ0) is 23.1. The van der Waals surface area contributed by atoms with Gasteiger partial charge in [-0.15, -0.1) is 0 Å². The first-order valence-electron chi connectivity index (χ1n) is 9.32. The highest BCUT2D eigenvalue weighted by Crippen LogP contribution is 2.21. The molecule has 32 heavy (non-hydrogen) atoms. The second-order valence-electron chi connectivity index (χ2n) is 6.53. The summed E-state index contributed by atoms with van der Waals surface area (Å²) in [5.41, 5.74) is 1.79. The molecule has 0 atom stereocenters. The Hall–Kier alpha value is -3.55. The smallest absolute Gasteiger partial charge is 0.343 e. The first-order chi connectivity index (χ1) is 15.3. The van der Waals surface area contributed by atoms with E-state index >= 15 is 0 Å². The highest BCUT2D eigenvalue weighted by atomic mass is 35.5. The van der Waals surface area contributed by atoms with Gasteiger partial charge in [0, 0.05) is 32.5 Å². The maximum atomic E-state index is 12.5. The number of benzene rings is 3. The first kappa shape index (κ1) is 23.1. The Morgan fingerprint density at radius 1 is 0.750 bits per heavy atom. The Morgan fingerprint density at radius 2 is 1.25 bits per heavy atom. The summed E-state index contributed by atoms with van der Waals surface area (Å²) >= 11 is 11.9. The lowest BCUT2D eigenvalue weighted by Gasteiger charge is -2.09. The number of methoxy groups -OCH3 is 1. The van der Waals surface area contributed by atoms with Crippen LogP contribution in [0.4, 0.5) is 11.4 Å². The SMILES string of the molecule is COC(=O)COc1ccc(NC(=O)c2ccc(NC(=O)c3cc(Cl)cc(Cl)c3)cc2)cc1. The molecule has 0 aromatic heterocycles. The van der Waals surface area contributed by atoms with E-state index in [1.165, 1.54) is 25.3 Å². The second kappa shape index (κ2) is 10.7. The van der Waals surface area contributed by atoms with Gasteiger partial charge in [-0.2, -0.15) is 0 Å². The fourth-order valence-corrected chi connectivity index (χ4v) is 3.16. The number of ether oxygens (including phenoxy) is 2. The van der Waals surface area contributed by atoms with Gasteiger partial charge in [0.05, 0.1) is 7.11 Å². The van der Waals surface area contributed by atoms with Crippen LogP contribution in [0.15, 0.2) is 66.7 Å². The van der Waals surface area contributed by atoms with Crippen molar-refractivity contribution in [2.24, 2.45) is 0 Å². The minimum Gasteiger partial charge on any atom is -0.482 e. The largest absolute Gasteiger partial charge is 0.482 e. The fraction of sp³-hybridized carbons (Fsp3) is 0.0870. The Kier molecular flexibility index (Phi) is 7.70. The third-order valence-electron chi connectivity index (χ3n) is 4.23. The van der Waals surface area contributed by atoms with Gasteiger partial charge in [-0.05, 0) is 66.7 Å². The predicted octanol–water partition coefficient (Wildman–Crippen LogP) is 5.05. The fourth-order valence-electron chi connectivity index (χ4n) is 2.63. The van der Waals surface area contributed by atoms with Crippen molar-refractivity contribution in [3.05, 3.63) is 87.9 Å². The normalized spacial score (nSPS) is 10.2. The number of rotatable bonds is 7. The van der Waals surface area contributed by atoms with E-state index in [1.54, 1.807) is 48.5 Å². The zero-order valence-electron chi connectivity index (χ0n) is 16.9. The van der Waals surface area contributed by atoms with Crippen LogP contribution in [0.3, 0.4) is 0 Å². The van der Waals surface area contributed by atoms with Crippen LogP contribution in [0.25, 0.3) is 0 Å². The number of amides is 2. The van der Waals surface area contributed by atoms with Gasteiger partial charge in [-0.25, -0.2) is 4.79 Å². The van der Waals surface area contributed by atoms with E-state index in [0.29, 0.717) is 38.3 Å². The average Bonchev–Trinajstić information content (AvgIpc) is 2.78. The highest BCUT2D eigenvalue weighted by molar-refractivity contribution is 6.35. The molecule has 3 rings (SSSR count). The van der Waals surface area contributed by atoms with Crippen LogP contribution < -0.4 is 15.4 Å². The molecule has 0 bridgehead atoms. The Labute approximate surface area is 194 Å². The van der Waals surface area contributed by atoms with Crippen LogP contribution >= 0.6 is 23.2 Å². The van der Waals surface area contributed by atoms with Crippen LogP contribution in [0, 0.1) is 0 Å². The lowest BCUT2D eigenvalue weighted by molar-refractivity contribution is -0.142. The molecule has 0 saturated heterocycles. The molecule has 0 aliphatic rings. The van der Waals surface area contributed by atoms with Crippen LogP contribution in [0.5, 0.6) is 5.75 Å². The molecule has 0 fully saturated rings. The number of esters is 1. The Bertz CT molecular complexity index is 1110. The Morgan fingerprint density at radius 3 is 1.78 bits per heavy atom. The molecule has 7 nitrogen and oxygen atoms in total. The third-order valence-corrected chi connectivity index (χ3v) is 4.66. The monoisotopic (exact) mass is 472 g/mol. The summed E-state index contributed by atoms with van der Waals surface area (Å²) in [4.78, 5) is 35.9. The van der Waals surface area contributed by atoms with Gasteiger partial charge in [0.1, 0.15) is 5.75 Å². The summed E-state index contributed by atoms with van der Waals surface area (Å²) in [6, 6.07) is 17.5. The van der Waals surface area contributed by atoms with E-state index in [-0.39, 0.29) is 18.4 Å². The summed E-state index contributed by atoms with van der Waals surface area (Å²) in [5, 5.41) is 6.20. The number of nitrogens with one attached hydrogen (secondary N) is 2. The van der Waals surface area contributed by atoms with Crippen molar-refractivity contribution in [2.45, 2.75) is 0 Å². The highest BCUT2D eigenvalue weighted by Gasteiger charge is 2.10. The van der Waals surface area contributed by atoms with Crippen molar-refractivity contribution in [2.75, 3.05) is 24.4 Å². The number of halogens is 2. The van der Waals surface area contributed by atoms with Crippen LogP contribution in [0.2, 0.25) is 10.0 Å². The Balaban J connectivity index is 1.57. The molecule has 9 heteroatoms. The van der Waals surface area contributed by atoms with Crippen LogP contribution in [-0.4, -0.2) is 31.5 Å². The molecular formula is C23H18Cl2N2O5. The van der Waals surface area contributed by atoms with E-state index in [0.717, 1.165) is 0 Å². The zero-order valence-corrected chi connectivity index (χ0v) is 18.4. The number of anilines is 2. The molecule has 3 aromatic rings. The molecule has 0 aliphatic heterocycles. The van der Waals surface area contributed by atoms with E-state index in [9.17, 15) is 14.4 Å². The van der Waals surface area contributed by atoms with Crippen molar-refractivity contribution >= 4 is 52.4 Å². The molecule has 0 saturated carbocycles. The maximum absolute atomic E-state index is 12.5. The molecule has 0 radical (unpaired) electrons. The minimum absolute atomic E-state index is 0.199. The number of carbonyl (C=O) groups is 3. The van der Waals surface area contributed by atoms with Crippen molar-refractivity contribution in [3.63, 3.8) is 0 Å². The van der Waals surface area contributed by atoms with Gasteiger partial charge in [-0.1, -0.05) is 23.2 Å². The summed E-state index contributed by atoms with van der Waals surface area (Å²) in [6.07, 6.45) is 0. The first-order valence-corrected chi connectivity index (χ1v) is 10.1. The van der Waals surface area contributed by atoms with E-state index in [4.69, 9.17) is 27.9 Å². The van der Waals surface area contributed by atoms with Gasteiger partial charge in [0.15, 0.2) is 6.61 Å². The molecule has 3 aromatic carbocycles. The van der Waals surface area contributed by atoms with Crippen molar-refractivity contribution in [1.29, 1.82) is 0 Å². The molecule has 2 amide bonds. The summed E-state index contributed by atoms with van der Waals surface area (Å²) in [7, 11) is 1.28. The summed E-state index contributed by atoms with van der Waals surface area (Å²) in [5.74, 6) is -0.721. The minimum atomic E-state index is -0.488. The van der Waals surface area contributed by atoms with E-state index in [1.807, 2.05) is 0 Å². The van der Waals surface area contributed by atoms with Gasteiger partial charge in [0.2, 0.25) is 0 Å². The predicted molar refractivity (Wildman–Crippen MR) is 123 cm³/mol. The molecule has 0 aliphatic carbocycles. The number of carbonyl (C=O) groups excluding carboxylic acids is 3. The number of hydrogen-bond donors (Lipinski definition) is 2. The van der Waals surface area contributed by atoms with Gasteiger partial charge >= 0.3 is 5.97 Å². The van der Waals surface area contributed by atoms with Gasteiger partial charge in [-0.3, -0.25) is 9.59 Å². The van der Waals surface area contributed by atoms with Crippen molar-refractivity contribution < 1.29 is 23.9 Å². The lowest BCUT2D eigenvalue weighted by atomic mass is 10.1. The summed E-state index contributed by atoms with van der Waals surface area (Å²) < 4.78 is 9.76. The van der Waals surface area contributed by atoms with E-state index < -0.39 is 5.97 Å². The quantitative estimate of drug-likeness (QED) is 0.469. The summed E-state index contributed by atoms with van der Waals surface area (Å²) in [6.45, 7) is -0.199. The standard InChI is InChI=1S/C23H18Cl2N2O5/c1-31-21(28)13-32-20-8-6-19(7-9-20)26-22(29)14-2-4-18(5-3-14)27-23(30)15-10-16(24)12-17(25)11-15/h2-12H,13H2,1H3,(H,26,29)(H,27,30). The molecule has 2 N–H and O–H groups in total. The molecule has 0 heterocycles. The van der Waals surface area contributed by atoms with Crippen LogP contribution in [0.1, 0.15) is 20.7 Å². The van der Waals surface area contributed by atoms with Crippen molar-refractivity contribution in [1.82, 2.24) is 0 Å². The van der Waals surface area contributed by atoms with Gasteiger partial charge in [0.25, 0.3) is 11.8 Å². The van der Waals surface area contributed by atoms with E-state index in [2.05, 4.69) is 15.4 Å². The topological polar surface area (TPSA) is 93.7 Å². The van der Waals surface area contributed by atoms with Gasteiger partial charge < -0.3 is 20.1 Å². The average molecular weight is 473 g/mol. The maximum Gasteiger partial charge on any atom is 0.343 e.